The van der Waals surface area contributed by atoms with Crippen LogP contribution in [0.25, 0.3) is 0 Å². The van der Waals surface area contributed by atoms with Crippen molar-refractivity contribution in [2.75, 3.05) is 13.7 Å². The van der Waals surface area contributed by atoms with Crippen LogP contribution in [-0.4, -0.2) is 146 Å². The molecule has 3 saturated heterocycles. The summed E-state index contributed by atoms with van der Waals surface area (Å²) in [5, 5.41) is 87.7. The molecule has 3 fully saturated rings. The largest absolute Gasteiger partial charge is 0.497 e. The molecule has 272 valence electrons. The topological polar surface area (TPSA) is 246 Å². The zero-order chi connectivity index (χ0) is 35.3. The average molecular weight is 688 g/mol. The van der Waals surface area contributed by atoms with Gasteiger partial charge in [0, 0.05) is 12.3 Å². The third-order valence-corrected chi connectivity index (χ3v) is 8.76. The van der Waals surface area contributed by atoms with Gasteiger partial charge in [0.15, 0.2) is 12.6 Å². The molecule has 3 aliphatic rings. The van der Waals surface area contributed by atoms with Crippen molar-refractivity contribution < 1.29 is 74.1 Å². The van der Waals surface area contributed by atoms with Crippen molar-refractivity contribution in [3.8, 4) is 11.5 Å². The second kappa shape index (κ2) is 17.0. The van der Waals surface area contributed by atoms with E-state index < -0.39 is 111 Å². The van der Waals surface area contributed by atoms with Gasteiger partial charge < -0.3 is 74.6 Å². The first-order valence-corrected chi connectivity index (χ1v) is 16.0. The van der Waals surface area contributed by atoms with Crippen LogP contribution in [0.4, 0.5) is 0 Å². The molecule has 0 radical (unpaired) electrons. The lowest BCUT2D eigenvalue weighted by Gasteiger charge is -2.47. The number of methoxy groups -OCH3 is 1. The molecule has 16 nitrogen and oxygen atoms in total. The number of benzene rings is 1. The number of hydrogen-bond donors (Lipinski definition) is 9. The highest BCUT2D eigenvalue weighted by Crippen LogP contribution is 2.34. The van der Waals surface area contributed by atoms with E-state index in [4.69, 9.17) is 28.4 Å². The molecular weight excluding hydrogens is 638 g/mol. The maximum absolute atomic E-state index is 12.8. The summed E-state index contributed by atoms with van der Waals surface area (Å²) in [6.45, 7) is 4.80. The summed E-state index contributed by atoms with van der Waals surface area (Å²) in [5.41, 5.74) is 0. The van der Waals surface area contributed by atoms with Gasteiger partial charge in [-0.2, -0.15) is 0 Å². The van der Waals surface area contributed by atoms with Crippen molar-refractivity contribution >= 4 is 5.91 Å². The molecule has 4 rings (SSSR count). The Morgan fingerprint density at radius 1 is 0.854 bits per heavy atom. The molecule has 0 saturated carbocycles. The summed E-state index contributed by atoms with van der Waals surface area (Å²) < 4.78 is 34.0. The third kappa shape index (κ3) is 9.01. The minimum absolute atomic E-state index is 0.279. The SMILES string of the molecule is COc1ccc(O[C@@H]2OC([C@H](O)C[C@H]3O[C@@H](O[C@H]4O[C@@H](CO)[C@@H](O)C(O)C4C)[C@H](NC(=O)/C=C/CC(C)C)C(O)C3O)[C@@H](O)[C@H]2O)cc1. The molecule has 1 amide bonds. The zero-order valence-electron chi connectivity index (χ0n) is 27.3. The lowest BCUT2D eigenvalue weighted by molar-refractivity contribution is -0.354. The average Bonchev–Trinajstić information content (AvgIpc) is 3.34. The molecule has 48 heavy (non-hydrogen) atoms. The van der Waals surface area contributed by atoms with Crippen molar-refractivity contribution in [3.05, 3.63) is 36.4 Å². The Labute approximate surface area is 278 Å². The van der Waals surface area contributed by atoms with Crippen LogP contribution in [0.1, 0.15) is 33.6 Å². The van der Waals surface area contributed by atoms with E-state index in [0.717, 1.165) is 0 Å². The Morgan fingerprint density at radius 3 is 2.10 bits per heavy atom. The highest BCUT2D eigenvalue weighted by molar-refractivity contribution is 5.87. The summed E-state index contributed by atoms with van der Waals surface area (Å²) in [7, 11) is 1.50. The van der Waals surface area contributed by atoms with Crippen LogP contribution in [0.2, 0.25) is 0 Å². The number of aliphatic hydroxyl groups excluding tert-OH is 8. The van der Waals surface area contributed by atoms with Crippen molar-refractivity contribution in [1.82, 2.24) is 5.32 Å². The fourth-order valence-corrected chi connectivity index (χ4v) is 5.81. The van der Waals surface area contributed by atoms with Gasteiger partial charge in [-0.1, -0.05) is 26.8 Å². The summed E-state index contributed by atoms with van der Waals surface area (Å²) in [4.78, 5) is 12.8. The molecule has 1 aromatic rings. The van der Waals surface area contributed by atoms with Gasteiger partial charge in [0.25, 0.3) is 0 Å². The second-order valence-electron chi connectivity index (χ2n) is 12.8. The van der Waals surface area contributed by atoms with Crippen LogP contribution < -0.4 is 14.8 Å². The lowest BCUT2D eigenvalue weighted by atomic mass is 9.90. The molecule has 0 bridgehead atoms. The smallest absolute Gasteiger partial charge is 0.244 e. The van der Waals surface area contributed by atoms with Gasteiger partial charge in [-0.15, -0.1) is 0 Å². The van der Waals surface area contributed by atoms with Crippen molar-refractivity contribution in [2.24, 2.45) is 11.8 Å². The highest BCUT2D eigenvalue weighted by Gasteiger charge is 2.52. The number of rotatable bonds is 13. The van der Waals surface area contributed by atoms with Crippen LogP contribution in [-0.2, 0) is 23.7 Å². The summed E-state index contributed by atoms with van der Waals surface area (Å²) in [6, 6.07) is 4.98. The van der Waals surface area contributed by atoms with Gasteiger partial charge in [-0.3, -0.25) is 4.79 Å². The third-order valence-electron chi connectivity index (χ3n) is 8.76. The molecule has 5 unspecified atom stereocenters. The maximum atomic E-state index is 12.8. The Kier molecular flexibility index (Phi) is 13.6. The Bertz CT molecular complexity index is 1180. The first-order chi connectivity index (χ1) is 22.7. The number of allylic oxidation sites excluding steroid dienone is 1. The van der Waals surface area contributed by atoms with E-state index in [-0.39, 0.29) is 5.92 Å². The van der Waals surface area contributed by atoms with Gasteiger partial charge in [0.2, 0.25) is 12.2 Å². The van der Waals surface area contributed by atoms with Gasteiger partial charge in [-0.25, -0.2) is 0 Å². The number of ether oxygens (including phenoxy) is 6. The van der Waals surface area contributed by atoms with Crippen LogP contribution in [0, 0.1) is 11.8 Å². The number of nitrogens with one attached hydrogen (secondary N) is 1. The van der Waals surface area contributed by atoms with Crippen LogP contribution in [0.15, 0.2) is 36.4 Å². The fourth-order valence-electron chi connectivity index (χ4n) is 5.81. The monoisotopic (exact) mass is 687 g/mol. The maximum Gasteiger partial charge on any atom is 0.244 e. The minimum atomic E-state index is -1.71. The predicted octanol–water partition coefficient (Wildman–Crippen LogP) is -2.10. The van der Waals surface area contributed by atoms with E-state index in [1.165, 1.54) is 20.1 Å². The van der Waals surface area contributed by atoms with Gasteiger partial charge in [0.1, 0.15) is 60.3 Å². The molecule has 1 aromatic carbocycles. The van der Waals surface area contributed by atoms with Crippen molar-refractivity contribution in [2.45, 2.75) is 120 Å². The molecule has 0 aromatic heterocycles. The van der Waals surface area contributed by atoms with E-state index in [0.29, 0.717) is 17.9 Å². The van der Waals surface area contributed by atoms with Crippen LogP contribution in [0.3, 0.4) is 0 Å². The minimum Gasteiger partial charge on any atom is -0.497 e. The van der Waals surface area contributed by atoms with E-state index in [9.17, 15) is 45.6 Å². The van der Waals surface area contributed by atoms with E-state index >= 15 is 0 Å². The molecule has 0 spiro atoms. The van der Waals surface area contributed by atoms with Crippen LogP contribution >= 0.6 is 0 Å². The highest BCUT2D eigenvalue weighted by atomic mass is 16.8. The molecular formula is C32H49NO15. The van der Waals surface area contributed by atoms with E-state index in [1.54, 1.807) is 30.3 Å². The standard InChI is InChI=1S/C32H49NO15/c1-14(2)6-5-7-21(36)33-22-26(40)24(38)19(45-31(22)48-30-15(3)23(37)25(39)20(13-34)46-30)12-18(35)29-27(41)28(42)32(47-29)44-17-10-8-16(43-4)9-11-17/h5,7-11,14-15,18-20,22-32,34-35,37-42H,6,12-13H2,1-4H3,(H,33,36)/b7-5+/t15?,18-,19-,20+,22-,23?,24?,25-,26?,27+,28-,29?,30-,31+,32-/m1/s1. The number of carbonyl (C=O) groups excluding carboxylic acids is 1. The van der Waals surface area contributed by atoms with Gasteiger partial charge in [0.05, 0.1) is 32.0 Å². The first-order valence-electron chi connectivity index (χ1n) is 16.0. The Hall–Kier alpha value is -2.45. The van der Waals surface area contributed by atoms with E-state index in [2.05, 4.69) is 5.32 Å². The number of aliphatic hydroxyl groups is 8. The summed E-state index contributed by atoms with van der Waals surface area (Å²) in [5.74, 6) is -0.350. The first kappa shape index (κ1) is 38.4. The summed E-state index contributed by atoms with van der Waals surface area (Å²) >= 11 is 0. The van der Waals surface area contributed by atoms with E-state index in [1.807, 2.05) is 13.8 Å². The second-order valence-corrected chi connectivity index (χ2v) is 12.8. The Balaban J connectivity index is 1.49. The molecule has 16 heteroatoms. The predicted molar refractivity (Wildman–Crippen MR) is 164 cm³/mol. The number of hydrogen-bond acceptors (Lipinski definition) is 15. The summed E-state index contributed by atoms with van der Waals surface area (Å²) in [6.07, 6.45) is -16.1. The molecule has 0 aliphatic carbocycles. The zero-order valence-corrected chi connectivity index (χ0v) is 27.3. The molecule has 3 aliphatic heterocycles. The quantitative estimate of drug-likeness (QED) is 0.101. The Morgan fingerprint density at radius 2 is 1.48 bits per heavy atom. The van der Waals surface area contributed by atoms with Crippen LogP contribution in [0.5, 0.6) is 11.5 Å². The normalized spacial score (nSPS) is 39.4. The van der Waals surface area contributed by atoms with Crippen molar-refractivity contribution in [1.29, 1.82) is 0 Å². The van der Waals surface area contributed by atoms with Gasteiger partial charge >= 0.3 is 0 Å². The molecule has 15 atom stereocenters. The van der Waals surface area contributed by atoms with Gasteiger partial charge in [-0.05, 0) is 42.7 Å². The van der Waals surface area contributed by atoms with Crippen molar-refractivity contribution in [3.63, 3.8) is 0 Å². The molecule has 3 heterocycles. The molecule has 9 N–H and O–H groups in total. The number of amides is 1. The fraction of sp³-hybridized carbons (Fsp3) is 0.719. The lowest BCUT2D eigenvalue weighted by Crippen LogP contribution is -2.66. The number of carbonyl (C=O) groups is 1.